The van der Waals surface area contributed by atoms with Crippen molar-refractivity contribution < 1.29 is 0 Å². The van der Waals surface area contributed by atoms with Crippen molar-refractivity contribution in [3.05, 3.63) is 6.33 Å². The first-order chi connectivity index (χ1) is 7.70. The molecule has 2 rings (SSSR count). The molecule has 0 aliphatic carbocycles. The SMILES string of the molecule is C#CCC(C)Nc1nc(N)nc2nc[nH]c12. The van der Waals surface area contributed by atoms with Gasteiger partial charge in [0.1, 0.15) is 5.52 Å². The smallest absolute Gasteiger partial charge is 0.224 e. The first kappa shape index (κ1) is 10.2. The van der Waals surface area contributed by atoms with Gasteiger partial charge < -0.3 is 16.0 Å². The Kier molecular flexibility index (Phi) is 2.60. The van der Waals surface area contributed by atoms with Gasteiger partial charge in [0.05, 0.1) is 6.33 Å². The number of nitrogens with two attached hydrogens (primary N) is 1. The fraction of sp³-hybridized carbons (Fsp3) is 0.300. The van der Waals surface area contributed by atoms with Crippen LogP contribution in [0.15, 0.2) is 6.33 Å². The van der Waals surface area contributed by atoms with Crippen LogP contribution in [-0.4, -0.2) is 26.0 Å². The Balaban J connectivity index is 2.36. The predicted molar refractivity (Wildman–Crippen MR) is 62.6 cm³/mol. The van der Waals surface area contributed by atoms with E-state index in [1.54, 1.807) is 6.33 Å². The van der Waals surface area contributed by atoms with Gasteiger partial charge in [-0.15, -0.1) is 12.3 Å². The molecular formula is C10H12N6. The molecule has 2 aromatic heterocycles. The summed E-state index contributed by atoms with van der Waals surface area (Å²) in [5.41, 5.74) is 6.86. The number of nitrogen functional groups attached to an aromatic ring is 1. The fourth-order valence-corrected chi connectivity index (χ4v) is 1.42. The highest BCUT2D eigenvalue weighted by Gasteiger charge is 2.10. The Labute approximate surface area is 92.7 Å². The number of anilines is 2. The monoisotopic (exact) mass is 216 g/mol. The van der Waals surface area contributed by atoms with Gasteiger partial charge in [-0.05, 0) is 6.92 Å². The van der Waals surface area contributed by atoms with E-state index in [2.05, 4.69) is 31.2 Å². The van der Waals surface area contributed by atoms with Crippen LogP contribution >= 0.6 is 0 Å². The molecule has 0 aliphatic heterocycles. The van der Waals surface area contributed by atoms with Gasteiger partial charge >= 0.3 is 0 Å². The van der Waals surface area contributed by atoms with E-state index >= 15 is 0 Å². The molecule has 6 heteroatoms. The topological polar surface area (TPSA) is 92.5 Å². The van der Waals surface area contributed by atoms with Crippen LogP contribution in [0.5, 0.6) is 0 Å². The molecule has 0 radical (unpaired) electrons. The van der Waals surface area contributed by atoms with E-state index in [9.17, 15) is 0 Å². The number of imidazole rings is 1. The van der Waals surface area contributed by atoms with Crippen molar-refractivity contribution in [3.8, 4) is 12.3 Å². The third-order valence-corrected chi connectivity index (χ3v) is 2.11. The summed E-state index contributed by atoms with van der Waals surface area (Å²) in [5, 5.41) is 3.17. The van der Waals surface area contributed by atoms with Crippen molar-refractivity contribution in [2.75, 3.05) is 11.1 Å². The largest absolute Gasteiger partial charge is 0.368 e. The number of H-pyrrole nitrogens is 1. The van der Waals surface area contributed by atoms with Crippen molar-refractivity contribution in [3.63, 3.8) is 0 Å². The van der Waals surface area contributed by atoms with Crippen LogP contribution in [0.25, 0.3) is 11.2 Å². The molecule has 0 aromatic carbocycles. The molecule has 1 unspecified atom stereocenters. The minimum Gasteiger partial charge on any atom is -0.368 e. The second kappa shape index (κ2) is 4.06. The zero-order valence-corrected chi connectivity index (χ0v) is 8.86. The van der Waals surface area contributed by atoms with Gasteiger partial charge in [-0.1, -0.05) is 0 Å². The van der Waals surface area contributed by atoms with E-state index in [4.69, 9.17) is 12.2 Å². The van der Waals surface area contributed by atoms with Crippen LogP contribution in [0.4, 0.5) is 11.8 Å². The average Bonchev–Trinajstić information content (AvgIpc) is 2.65. The van der Waals surface area contributed by atoms with Crippen molar-refractivity contribution in [2.45, 2.75) is 19.4 Å². The lowest BCUT2D eigenvalue weighted by Crippen LogP contribution is -2.16. The molecule has 6 nitrogen and oxygen atoms in total. The summed E-state index contributed by atoms with van der Waals surface area (Å²) in [6.07, 6.45) is 7.40. The number of hydrogen-bond acceptors (Lipinski definition) is 5. The van der Waals surface area contributed by atoms with Crippen molar-refractivity contribution in [1.82, 2.24) is 19.9 Å². The van der Waals surface area contributed by atoms with Crippen molar-refractivity contribution in [1.29, 1.82) is 0 Å². The number of aromatic nitrogens is 4. The summed E-state index contributed by atoms with van der Waals surface area (Å²) in [4.78, 5) is 15.1. The minimum atomic E-state index is 0.116. The van der Waals surface area contributed by atoms with E-state index in [-0.39, 0.29) is 12.0 Å². The second-order valence-electron chi connectivity index (χ2n) is 3.49. The lowest BCUT2D eigenvalue weighted by molar-refractivity contribution is 0.823. The number of aromatic amines is 1. The summed E-state index contributed by atoms with van der Waals surface area (Å²) in [6.45, 7) is 1.97. The zero-order chi connectivity index (χ0) is 11.5. The number of hydrogen-bond donors (Lipinski definition) is 3. The molecule has 0 amide bonds. The zero-order valence-electron chi connectivity index (χ0n) is 8.86. The highest BCUT2D eigenvalue weighted by Crippen LogP contribution is 2.18. The average molecular weight is 216 g/mol. The summed E-state index contributed by atoms with van der Waals surface area (Å²) in [6, 6.07) is 0.116. The van der Waals surface area contributed by atoms with Gasteiger partial charge in [-0.3, -0.25) is 0 Å². The first-order valence-electron chi connectivity index (χ1n) is 4.87. The molecule has 0 fully saturated rings. The number of rotatable bonds is 3. The third-order valence-electron chi connectivity index (χ3n) is 2.11. The van der Waals surface area contributed by atoms with Crippen molar-refractivity contribution in [2.24, 2.45) is 0 Å². The standard InChI is InChI=1S/C10H12N6/c1-3-4-6(2)14-9-7-8(13-5-12-7)15-10(11)16-9/h1,5-6H,4H2,2H3,(H4,11,12,13,14,15,16). The maximum atomic E-state index is 5.58. The molecule has 0 aliphatic rings. The molecule has 4 N–H and O–H groups in total. The number of nitrogens with zero attached hydrogens (tertiary/aromatic N) is 3. The van der Waals surface area contributed by atoms with Gasteiger partial charge in [0.25, 0.3) is 0 Å². The molecule has 2 aromatic rings. The van der Waals surface area contributed by atoms with Gasteiger partial charge in [0.15, 0.2) is 11.5 Å². The molecule has 2 heterocycles. The summed E-state index contributed by atoms with van der Waals surface area (Å²) in [5.74, 6) is 3.40. The fourth-order valence-electron chi connectivity index (χ4n) is 1.42. The van der Waals surface area contributed by atoms with Gasteiger partial charge in [-0.2, -0.15) is 9.97 Å². The number of nitrogens with one attached hydrogen (secondary N) is 2. The van der Waals surface area contributed by atoms with Gasteiger partial charge in [0, 0.05) is 12.5 Å². The quantitative estimate of drug-likeness (QED) is 0.659. The third kappa shape index (κ3) is 1.88. The van der Waals surface area contributed by atoms with Crippen molar-refractivity contribution >= 4 is 22.9 Å². The molecule has 0 spiro atoms. The van der Waals surface area contributed by atoms with Crippen LogP contribution in [0.1, 0.15) is 13.3 Å². The summed E-state index contributed by atoms with van der Waals surface area (Å²) in [7, 11) is 0. The molecule has 82 valence electrons. The maximum absolute atomic E-state index is 5.58. The predicted octanol–water partition coefficient (Wildman–Crippen LogP) is 0.759. The maximum Gasteiger partial charge on any atom is 0.224 e. The van der Waals surface area contributed by atoms with E-state index in [1.807, 2.05) is 6.92 Å². The first-order valence-corrected chi connectivity index (χ1v) is 4.87. The Hall–Kier alpha value is -2.29. The molecule has 0 saturated heterocycles. The lowest BCUT2D eigenvalue weighted by atomic mass is 10.2. The number of fused-ring (bicyclic) bond motifs is 1. The highest BCUT2D eigenvalue weighted by molar-refractivity contribution is 5.83. The Morgan fingerprint density at radius 1 is 1.62 bits per heavy atom. The Bertz CT molecular complexity index is 538. The second-order valence-corrected chi connectivity index (χ2v) is 3.49. The Morgan fingerprint density at radius 3 is 3.19 bits per heavy atom. The van der Waals surface area contributed by atoms with E-state index in [1.165, 1.54) is 0 Å². The van der Waals surface area contributed by atoms with Gasteiger partial charge in [0.2, 0.25) is 5.95 Å². The van der Waals surface area contributed by atoms with Gasteiger partial charge in [-0.25, -0.2) is 4.98 Å². The van der Waals surface area contributed by atoms with E-state index in [0.717, 1.165) is 5.52 Å². The highest BCUT2D eigenvalue weighted by atomic mass is 15.1. The van der Waals surface area contributed by atoms with Crippen LogP contribution in [-0.2, 0) is 0 Å². The molecule has 1 atom stereocenters. The van der Waals surface area contributed by atoms with Crippen LogP contribution in [0.2, 0.25) is 0 Å². The van der Waals surface area contributed by atoms with Crippen LogP contribution < -0.4 is 11.1 Å². The normalized spacial score (nSPS) is 12.2. The Morgan fingerprint density at radius 2 is 2.44 bits per heavy atom. The summed E-state index contributed by atoms with van der Waals surface area (Å²) >= 11 is 0. The number of terminal acetylenes is 1. The molecular weight excluding hydrogens is 204 g/mol. The van der Waals surface area contributed by atoms with E-state index in [0.29, 0.717) is 17.9 Å². The lowest BCUT2D eigenvalue weighted by Gasteiger charge is -2.11. The minimum absolute atomic E-state index is 0.116. The molecule has 0 bridgehead atoms. The molecule has 0 saturated carbocycles. The van der Waals surface area contributed by atoms with Crippen LogP contribution in [0.3, 0.4) is 0 Å². The van der Waals surface area contributed by atoms with Crippen LogP contribution in [0, 0.1) is 12.3 Å². The summed E-state index contributed by atoms with van der Waals surface area (Å²) < 4.78 is 0. The molecule has 16 heavy (non-hydrogen) atoms. The van der Waals surface area contributed by atoms with E-state index < -0.39 is 0 Å².